The highest BCUT2D eigenvalue weighted by atomic mass is 16.4. The Morgan fingerprint density at radius 2 is 0.960 bits per heavy atom. The fraction of sp³-hybridized carbons (Fsp3) is 0.593. The van der Waals surface area contributed by atoms with Crippen LogP contribution in [0.3, 0.4) is 0 Å². The summed E-state index contributed by atoms with van der Waals surface area (Å²) in [5.74, 6) is -13.3. The molecule has 0 aliphatic rings. The summed E-state index contributed by atoms with van der Waals surface area (Å²) in [6, 6.07) is -10.2. The van der Waals surface area contributed by atoms with E-state index < -0.39 is 146 Å². The third-order valence-electron chi connectivity index (χ3n) is 6.52. The molecule has 0 aromatic heterocycles. The quantitative estimate of drug-likeness (QED) is 0.0468. The van der Waals surface area contributed by atoms with Crippen LogP contribution in [-0.4, -0.2) is 128 Å². The van der Waals surface area contributed by atoms with Gasteiger partial charge in [-0.15, -0.1) is 0 Å². The molecule has 0 radical (unpaired) electrons. The molecule has 280 valence electrons. The zero-order valence-electron chi connectivity index (χ0n) is 27.2. The van der Waals surface area contributed by atoms with E-state index in [0.717, 1.165) is 20.8 Å². The van der Waals surface area contributed by atoms with Crippen LogP contribution in [0.5, 0.6) is 0 Å². The molecule has 23 heteroatoms. The largest absolute Gasteiger partial charge is 0.481 e. The number of nitrogens with one attached hydrogen (secondary N) is 6. The van der Waals surface area contributed by atoms with E-state index in [9.17, 15) is 63.0 Å². The van der Waals surface area contributed by atoms with Crippen LogP contribution in [0.2, 0.25) is 0 Å². The summed E-state index contributed by atoms with van der Waals surface area (Å²) in [5.41, 5.74) is 10.2. The Morgan fingerprint density at radius 1 is 0.540 bits per heavy atom. The molecule has 50 heavy (non-hydrogen) atoms. The molecule has 14 N–H and O–H groups in total. The summed E-state index contributed by atoms with van der Waals surface area (Å²) < 4.78 is 0. The lowest BCUT2D eigenvalue weighted by Crippen LogP contribution is -2.60. The first-order chi connectivity index (χ1) is 23.0. The van der Waals surface area contributed by atoms with Gasteiger partial charge in [-0.05, 0) is 26.7 Å². The van der Waals surface area contributed by atoms with Gasteiger partial charge in [0.2, 0.25) is 47.3 Å². The van der Waals surface area contributed by atoms with Gasteiger partial charge in [0.05, 0.1) is 18.9 Å². The Hall–Kier alpha value is -5.87. The maximum Gasteiger partial charge on any atom is 0.305 e. The topological polar surface area (TPSA) is 393 Å². The van der Waals surface area contributed by atoms with E-state index in [1.807, 2.05) is 5.32 Å². The van der Waals surface area contributed by atoms with Gasteiger partial charge in [0.1, 0.15) is 36.3 Å². The maximum atomic E-state index is 13.1. The van der Waals surface area contributed by atoms with Crippen LogP contribution < -0.4 is 43.4 Å². The SMILES string of the molecule is CC(=O)N[C@H](C(=O)N[C@@H](CCC(N)=O)C(=O)N[C@@H](CC(=O)O)C(=O)N[C@@H](C)C(=O)N[C@@H](CCC(=O)O)C(=O)N[C@@H](CC(=O)O)C(N)=O)[C@@H](C)O. The molecular formula is C27H42N8O15. The number of primary amides is 2. The van der Waals surface area contributed by atoms with Gasteiger partial charge in [0.15, 0.2) is 0 Å². The minimum absolute atomic E-state index is 0.470. The molecule has 0 aromatic carbocycles. The van der Waals surface area contributed by atoms with E-state index in [1.165, 1.54) is 0 Å². The fourth-order valence-corrected chi connectivity index (χ4v) is 3.98. The van der Waals surface area contributed by atoms with Crippen molar-refractivity contribution in [3.8, 4) is 0 Å². The van der Waals surface area contributed by atoms with Gasteiger partial charge >= 0.3 is 17.9 Å². The normalized spacial score (nSPS) is 14.8. The van der Waals surface area contributed by atoms with E-state index >= 15 is 0 Å². The van der Waals surface area contributed by atoms with Crippen molar-refractivity contribution >= 4 is 65.2 Å². The van der Waals surface area contributed by atoms with Gasteiger partial charge in [0.25, 0.3) is 0 Å². The van der Waals surface area contributed by atoms with Crippen LogP contribution in [0.4, 0.5) is 0 Å². The molecule has 23 nitrogen and oxygen atoms in total. The van der Waals surface area contributed by atoms with Gasteiger partial charge in [0, 0.05) is 19.8 Å². The molecule has 0 fully saturated rings. The van der Waals surface area contributed by atoms with Crippen LogP contribution in [0.25, 0.3) is 0 Å². The Morgan fingerprint density at radius 3 is 1.38 bits per heavy atom. The summed E-state index contributed by atoms with van der Waals surface area (Å²) >= 11 is 0. The molecule has 0 spiro atoms. The number of amides is 8. The molecule has 0 rings (SSSR count). The number of hydrogen-bond acceptors (Lipinski definition) is 12. The van der Waals surface area contributed by atoms with E-state index in [1.54, 1.807) is 0 Å². The van der Waals surface area contributed by atoms with Crippen molar-refractivity contribution in [1.29, 1.82) is 0 Å². The van der Waals surface area contributed by atoms with Crippen molar-refractivity contribution in [2.45, 2.75) is 102 Å². The van der Waals surface area contributed by atoms with Gasteiger partial charge in [-0.1, -0.05) is 0 Å². The van der Waals surface area contributed by atoms with Gasteiger partial charge < -0.3 is 63.8 Å². The van der Waals surface area contributed by atoms with Crippen molar-refractivity contribution < 1.29 is 73.2 Å². The van der Waals surface area contributed by atoms with Crippen LogP contribution in [0.1, 0.15) is 59.3 Å². The third-order valence-corrected chi connectivity index (χ3v) is 6.52. The minimum atomic E-state index is -1.93. The first-order valence-electron chi connectivity index (χ1n) is 14.8. The van der Waals surface area contributed by atoms with Crippen LogP contribution in [-0.2, 0) is 52.7 Å². The highest BCUT2D eigenvalue weighted by Gasteiger charge is 2.34. The highest BCUT2D eigenvalue weighted by Crippen LogP contribution is 2.05. The number of carbonyl (C=O) groups is 11. The number of hydrogen-bond donors (Lipinski definition) is 12. The minimum Gasteiger partial charge on any atom is -0.481 e. The number of aliphatic hydroxyl groups is 1. The highest BCUT2D eigenvalue weighted by molar-refractivity contribution is 5.98. The fourth-order valence-electron chi connectivity index (χ4n) is 3.98. The summed E-state index contributed by atoms with van der Waals surface area (Å²) in [5, 5.41) is 49.8. The summed E-state index contributed by atoms with van der Waals surface area (Å²) in [7, 11) is 0. The van der Waals surface area contributed by atoms with Gasteiger partial charge in [-0.3, -0.25) is 52.7 Å². The predicted octanol–water partition coefficient (Wildman–Crippen LogP) is -6.12. The first kappa shape index (κ1) is 44.1. The molecule has 8 amide bonds. The monoisotopic (exact) mass is 718 g/mol. The number of carboxylic acid groups (broad SMARTS) is 3. The Labute approximate surface area is 283 Å². The van der Waals surface area contributed by atoms with Gasteiger partial charge in [-0.2, -0.15) is 0 Å². The van der Waals surface area contributed by atoms with Crippen molar-refractivity contribution in [3.63, 3.8) is 0 Å². The number of aliphatic hydroxyl groups excluding tert-OH is 1. The summed E-state index contributed by atoms with van der Waals surface area (Å²) in [4.78, 5) is 133. The number of carboxylic acids is 3. The second-order valence-corrected chi connectivity index (χ2v) is 10.9. The predicted molar refractivity (Wildman–Crippen MR) is 164 cm³/mol. The van der Waals surface area contributed by atoms with Crippen molar-refractivity contribution in [1.82, 2.24) is 31.9 Å². The van der Waals surface area contributed by atoms with Gasteiger partial charge in [-0.25, -0.2) is 0 Å². The maximum absolute atomic E-state index is 13.1. The van der Waals surface area contributed by atoms with Crippen molar-refractivity contribution in [2.75, 3.05) is 0 Å². The van der Waals surface area contributed by atoms with E-state index in [0.29, 0.717) is 0 Å². The molecule has 0 aliphatic carbocycles. The Kier molecular flexibility index (Phi) is 18.7. The molecule has 0 unspecified atom stereocenters. The van der Waals surface area contributed by atoms with Crippen molar-refractivity contribution in [3.05, 3.63) is 0 Å². The smallest absolute Gasteiger partial charge is 0.305 e. The van der Waals surface area contributed by atoms with E-state index in [-0.39, 0.29) is 0 Å². The molecule has 0 bridgehead atoms. The van der Waals surface area contributed by atoms with E-state index in [4.69, 9.17) is 21.7 Å². The molecule has 0 aliphatic heterocycles. The molecular weight excluding hydrogens is 676 g/mol. The first-order valence-corrected chi connectivity index (χ1v) is 14.8. The zero-order chi connectivity index (χ0) is 38.9. The molecule has 0 aromatic rings. The molecule has 0 saturated heterocycles. The average molecular weight is 719 g/mol. The zero-order valence-corrected chi connectivity index (χ0v) is 27.2. The van der Waals surface area contributed by atoms with Crippen LogP contribution in [0, 0.1) is 0 Å². The summed E-state index contributed by atoms with van der Waals surface area (Å²) in [6.45, 7) is 3.26. The van der Waals surface area contributed by atoms with E-state index in [2.05, 4.69) is 26.6 Å². The van der Waals surface area contributed by atoms with Crippen molar-refractivity contribution in [2.24, 2.45) is 11.5 Å². The standard InChI is InChI=1S/C27H42N8O15/c1-10(23(46)32-14(5-7-18(39)40)24(47)34-15(22(29)45)8-19(41)42)30-26(49)16(9-20(43)44)35-25(48)13(4-6-17(28)38)33-27(50)21(11(2)36)31-12(3)37/h10-11,13-16,21,36H,4-9H2,1-3H3,(H2,28,38)(H2,29,45)(H,30,49)(H,31,37)(H,32,46)(H,33,50)(H,34,47)(H,35,48)(H,39,40)(H,41,42)(H,43,44)/t10-,11+,13-,14-,15-,16-,21-/m0/s1. The average Bonchev–Trinajstić information content (AvgIpc) is 2.97. The number of aliphatic carboxylic acids is 3. The number of rotatable bonds is 23. The second kappa shape index (κ2) is 21.2. The van der Waals surface area contributed by atoms with Crippen LogP contribution >= 0.6 is 0 Å². The summed E-state index contributed by atoms with van der Waals surface area (Å²) in [6.07, 6.45) is -5.69. The lowest BCUT2D eigenvalue weighted by molar-refractivity contribution is -0.142. The van der Waals surface area contributed by atoms with Crippen LogP contribution in [0.15, 0.2) is 0 Å². The number of nitrogens with two attached hydrogens (primary N) is 2. The lowest BCUT2D eigenvalue weighted by Gasteiger charge is -2.26. The molecule has 0 heterocycles. The lowest BCUT2D eigenvalue weighted by atomic mass is 10.1. The third kappa shape index (κ3) is 17.3. The number of carbonyl (C=O) groups excluding carboxylic acids is 8. The second-order valence-electron chi connectivity index (χ2n) is 10.9. The molecule has 7 atom stereocenters. The molecule has 0 saturated carbocycles. The Bertz CT molecular complexity index is 1340. The Balaban J connectivity index is 5.99.